The first-order valence-corrected chi connectivity index (χ1v) is 5.58. The minimum atomic E-state index is 0.0108. The first kappa shape index (κ1) is 11.3. The van der Waals surface area contributed by atoms with Crippen LogP contribution in [-0.2, 0) is 6.54 Å². The Kier molecular flexibility index (Phi) is 2.80. The number of ether oxygens (including phenoxy) is 2. The highest BCUT2D eigenvalue weighted by atomic mass is 79.9. The van der Waals surface area contributed by atoms with Gasteiger partial charge in [0.1, 0.15) is 0 Å². The number of fused-ring (bicyclic) bond motifs is 1. The van der Waals surface area contributed by atoms with Crippen LogP contribution in [0, 0.1) is 0 Å². The number of benzene rings is 1. The van der Waals surface area contributed by atoms with Gasteiger partial charge in [-0.3, -0.25) is 4.79 Å². The molecule has 1 aromatic rings. The van der Waals surface area contributed by atoms with Gasteiger partial charge in [-0.05, 0) is 22.0 Å². The van der Waals surface area contributed by atoms with E-state index in [1.165, 1.54) is 0 Å². The zero-order valence-electron chi connectivity index (χ0n) is 9.33. The van der Waals surface area contributed by atoms with E-state index in [1.54, 1.807) is 32.2 Å². The number of carbonyl (C=O) groups excluding carboxylic acids is 1. The molecule has 86 valence electrons. The van der Waals surface area contributed by atoms with E-state index < -0.39 is 0 Å². The van der Waals surface area contributed by atoms with Crippen LogP contribution < -0.4 is 9.47 Å². The Morgan fingerprint density at radius 1 is 1.38 bits per heavy atom. The van der Waals surface area contributed by atoms with Gasteiger partial charge in [0.2, 0.25) is 0 Å². The molecule has 1 amide bonds. The van der Waals surface area contributed by atoms with E-state index in [2.05, 4.69) is 15.9 Å². The predicted molar refractivity (Wildman–Crippen MR) is 63.0 cm³/mol. The molecule has 0 N–H and O–H groups in total. The summed E-state index contributed by atoms with van der Waals surface area (Å²) in [7, 11) is 4.91. The van der Waals surface area contributed by atoms with Gasteiger partial charge in [-0.15, -0.1) is 0 Å². The fourth-order valence-corrected chi connectivity index (χ4v) is 2.55. The van der Waals surface area contributed by atoms with Gasteiger partial charge >= 0.3 is 0 Å². The number of halogens is 1. The van der Waals surface area contributed by atoms with Crippen molar-refractivity contribution in [1.29, 1.82) is 0 Å². The minimum Gasteiger partial charge on any atom is -0.493 e. The van der Waals surface area contributed by atoms with Gasteiger partial charge < -0.3 is 14.4 Å². The molecule has 0 aromatic heterocycles. The summed E-state index contributed by atoms with van der Waals surface area (Å²) in [5.41, 5.74) is 1.62. The zero-order chi connectivity index (χ0) is 11.9. The summed E-state index contributed by atoms with van der Waals surface area (Å²) in [5, 5.41) is 0. The van der Waals surface area contributed by atoms with Gasteiger partial charge in [0.05, 0.1) is 18.7 Å². The summed E-state index contributed by atoms with van der Waals surface area (Å²) in [6.07, 6.45) is 0. The second-order valence-electron chi connectivity index (χ2n) is 3.61. The summed E-state index contributed by atoms with van der Waals surface area (Å²) >= 11 is 3.46. The van der Waals surface area contributed by atoms with E-state index in [-0.39, 0.29) is 5.91 Å². The van der Waals surface area contributed by atoms with Crippen LogP contribution in [0.4, 0.5) is 0 Å². The highest BCUT2D eigenvalue weighted by Gasteiger charge is 2.30. The number of carbonyl (C=O) groups is 1. The van der Waals surface area contributed by atoms with E-state index >= 15 is 0 Å². The molecule has 0 spiro atoms. The van der Waals surface area contributed by atoms with Crippen molar-refractivity contribution in [2.75, 3.05) is 21.3 Å². The largest absolute Gasteiger partial charge is 0.493 e. The van der Waals surface area contributed by atoms with E-state index in [0.717, 1.165) is 10.0 Å². The van der Waals surface area contributed by atoms with Crippen LogP contribution in [0.25, 0.3) is 0 Å². The van der Waals surface area contributed by atoms with Crippen LogP contribution in [0.3, 0.4) is 0 Å². The third kappa shape index (κ3) is 1.46. The molecule has 4 nitrogen and oxygen atoms in total. The lowest BCUT2D eigenvalue weighted by Gasteiger charge is -2.11. The normalized spacial score (nSPS) is 14.0. The maximum atomic E-state index is 11.8. The Bertz CT molecular complexity index is 459. The molecule has 0 atom stereocenters. The molecule has 0 fully saturated rings. The molecular weight excluding hydrogens is 274 g/mol. The molecule has 1 heterocycles. The van der Waals surface area contributed by atoms with Crippen LogP contribution in [0.2, 0.25) is 0 Å². The van der Waals surface area contributed by atoms with Crippen LogP contribution in [0.5, 0.6) is 11.5 Å². The lowest BCUT2D eigenvalue weighted by Crippen LogP contribution is -2.17. The van der Waals surface area contributed by atoms with Gasteiger partial charge in [-0.2, -0.15) is 0 Å². The number of hydrogen-bond acceptors (Lipinski definition) is 3. The Morgan fingerprint density at radius 3 is 2.62 bits per heavy atom. The minimum absolute atomic E-state index is 0.0108. The average molecular weight is 286 g/mol. The zero-order valence-corrected chi connectivity index (χ0v) is 10.9. The third-order valence-electron chi connectivity index (χ3n) is 2.69. The third-order valence-corrected chi connectivity index (χ3v) is 3.52. The molecule has 0 saturated heterocycles. The lowest BCUT2D eigenvalue weighted by molar-refractivity contribution is 0.0816. The highest BCUT2D eigenvalue weighted by Crippen LogP contribution is 2.42. The van der Waals surface area contributed by atoms with Gasteiger partial charge in [-0.25, -0.2) is 0 Å². The fourth-order valence-electron chi connectivity index (χ4n) is 1.85. The number of hydrogen-bond donors (Lipinski definition) is 0. The molecular formula is C11H12BrNO3. The Hall–Kier alpha value is -1.23. The van der Waals surface area contributed by atoms with E-state index in [0.29, 0.717) is 23.6 Å². The highest BCUT2D eigenvalue weighted by molar-refractivity contribution is 9.10. The second-order valence-corrected chi connectivity index (χ2v) is 4.41. The van der Waals surface area contributed by atoms with Crippen molar-refractivity contribution in [3.05, 3.63) is 21.7 Å². The molecule has 0 bridgehead atoms. The summed E-state index contributed by atoms with van der Waals surface area (Å²) in [6, 6.07) is 1.73. The van der Waals surface area contributed by atoms with E-state index in [1.807, 2.05) is 0 Å². The van der Waals surface area contributed by atoms with Crippen molar-refractivity contribution in [2.24, 2.45) is 0 Å². The first-order valence-electron chi connectivity index (χ1n) is 4.79. The van der Waals surface area contributed by atoms with Gasteiger partial charge in [0, 0.05) is 24.7 Å². The van der Waals surface area contributed by atoms with Crippen LogP contribution in [0.1, 0.15) is 15.9 Å². The quantitative estimate of drug-likeness (QED) is 0.835. The average Bonchev–Trinajstić information content (AvgIpc) is 2.56. The maximum Gasteiger partial charge on any atom is 0.254 e. The number of methoxy groups -OCH3 is 2. The SMILES string of the molecule is COc1cc2c(c(Br)c1OC)CN(C)C2=O. The lowest BCUT2D eigenvalue weighted by atomic mass is 10.1. The summed E-state index contributed by atoms with van der Waals surface area (Å²) in [5.74, 6) is 1.21. The molecule has 0 unspecified atom stereocenters. The van der Waals surface area contributed by atoms with Gasteiger partial charge in [0.15, 0.2) is 11.5 Å². The smallest absolute Gasteiger partial charge is 0.254 e. The Morgan fingerprint density at radius 2 is 2.06 bits per heavy atom. The maximum absolute atomic E-state index is 11.8. The van der Waals surface area contributed by atoms with Crippen molar-refractivity contribution in [1.82, 2.24) is 4.90 Å². The molecule has 1 aliphatic heterocycles. The molecule has 0 aliphatic carbocycles. The van der Waals surface area contributed by atoms with Gasteiger partial charge in [-0.1, -0.05) is 0 Å². The number of amides is 1. The van der Waals surface area contributed by atoms with Crippen molar-refractivity contribution in [2.45, 2.75) is 6.54 Å². The Balaban J connectivity index is 2.66. The van der Waals surface area contributed by atoms with Crippen molar-refractivity contribution in [3.63, 3.8) is 0 Å². The molecule has 0 radical (unpaired) electrons. The first-order chi connectivity index (χ1) is 7.60. The van der Waals surface area contributed by atoms with Crippen molar-refractivity contribution < 1.29 is 14.3 Å². The summed E-state index contributed by atoms with van der Waals surface area (Å²) in [4.78, 5) is 13.5. The molecule has 0 saturated carbocycles. The van der Waals surface area contributed by atoms with Crippen LogP contribution >= 0.6 is 15.9 Å². The molecule has 16 heavy (non-hydrogen) atoms. The standard InChI is InChI=1S/C11H12BrNO3/c1-13-5-7-6(11(13)14)4-8(15-2)10(16-3)9(7)12/h4H,5H2,1-3H3. The van der Waals surface area contributed by atoms with Crippen LogP contribution in [0.15, 0.2) is 10.5 Å². The Labute approximate surface area is 102 Å². The van der Waals surface area contributed by atoms with Crippen LogP contribution in [-0.4, -0.2) is 32.1 Å². The van der Waals surface area contributed by atoms with Gasteiger partial charge in [0.25, 0.3) is 5.91 Å². The fraction of sp³-hybridized carbons (Fsp3) is 0.364. The summed E-state index contributed by atoms with van der Waals surface area (Å²) in [6.45, 7) is 0.592. The molecule has 1 aromatic carbocycles. The number of rotatable bonds is 2. The van der Waals surface area contributed by atoms with E-state index in [4.69, 9.17) is 9.47 Å². The van der Waals surface area contributed by atoms with Crippen molar-refractivity contribution in [3.8, 4) is 11.5 Å². The van der Waals surface area contributed by atoms with E-state index in [9.17, 15) is 4.79 Å². The summed E-state index contributed by atoms with van der Waals surface area (Å²) < 4.78 is 11.3. The predicted octanol–water partition coefficient (Wildman–Crippen LogP) is 2.05. The molecule has 5 heteroatoms. The monoisotopic (exact) mass is 285 g/mol. The topological polar surface area (TPSA) is 38.8 Å². The molecule has 1 aliphatic rings. The number of nitrogens with zero attached hydrogens (tertiary/aromatic N) is 1. The van der Waals surface area contributed by atoms with Crippen molar-refractivity contribution >= 4 is 21.8 Å². The molecule has 2 rings (SSSR count). The second kappa shape index (κ2) is 3.97.